The van der Waals surface area contributed by atoms with Crippen LogP contribution in [0.25, 0.3) is 0 Å². The van der Waals surface area contributed by atoms with Crippen LogP contribution in [-0.2, 0) is 23.1 Å². The zero-order valence-electron chi connectivity index (χ0n) is 14.8. The van der Waals surface area contributed by atoms with Gasteiger partial charge in [0.05, 0.1) is 32.0 Å². The summed E-state index contributed by atoms with van der Waals surface area (Å²) in [5, 5.41) is 4.15. The molecule has 2 aromatic heterocycles. The summed E-state index contributed by atoms with van der Waals surface area (Å²) in [5.41, 5.74) is 1.12. The molecule has 0 bridgehead atoms. The van der Waals surface area contributed by atoms with Crippen LogP contribution in [0.15, 0.2) is 30.9 Å². The van der Waals surface area contributed by atoms with Gasteiger partial charge in [-0.15, -0.1) is 5.10 Å². The Labute approximate surface area is 152 Å². The van der Waals surface area contributed by atoms with Crippen LogP contribution in [0, 0.1) is 5.92 Å². The Balaban J connectivity index is 1.34. The highest BCUT2D eigenvalue weighted by atomic mass is 16.5. The molecule has 0 aromatic carbocycles. The summed E-state index contributed by atoms with van der Waals surface area (Å²) in [5.74, 6) is 0.532. The van der Waals surface area contributed by atoms with E-state index >= 15 is 0 Å². The zero-order valence-corrected chi connectivity index (χ0v) is 14.8. The Morgan fingerprint density at radius 2 is 2.19 bits per heavy atom. The fraction of sp³-hybridized carbons (Fsp3) is 0.556. The minimum absolute atomic E-state index is 0.0749. The molecule has 0 radical (unpaired) electrons. The average Bonchev–Trinajstić information content (AvgIpc) is 3.27. The number of carbonyl (C=O) groups excluding carboxylic acids is 1. The molecule has 0 N–H and O–H groups in total. The summed E-state index contributed by atoms with van der Waals surface area (Å²) < 4.78 is 13.3. The van der Waals surface area contributed by atoms with Crippen molar-refractivity contribution in [3.63, 3.8) is 0 Å². The second-order valence-electron chi connectivity index (χ2n) is 6.93. The molecule has 4 rings (SSSR count). The minimum Gasteiger partial charge on any atom is -0.376 e. The summed E-state index contributed by atoms with van der Waals surface area (Å²) in [7, 11) is 1.76. The predicted octanol–water partition coefficient (Wildman–Crippen LogP) is 1.05. The van der Waals surface area contributed by atoms with Crippen LogP contribution in [0.2, 0.25) is 0 Å². The van der Waals surface area contributed by atoms with Gasteiger partial charge in [0.2, 0.25) is 5.82 Å². The molecule has 2 aliphatic rings. The molecular weight excluding hydrogens is 334 g/mol. The Morgan fingerprint density at radius 1 is 1.35 bits per heavy atom. The van der Waals surface area contributed by atoms with Gasteiger partial charge in [0.25, 0.3) is 5.91 Å². The van der Waals surface area contributed by atoms with E-state index in [4.69, 9.17) is 9.47 Å². The first-order valence-electron chi connectivity index (χ1n) is 8.95. The quantitative estimate of drug-likeness (QED) is 0.795. The van der Waals surface area contributed by atoms with Gasteiger partial charge in [-0.05, 0) is 36.5 Å². The number of morpholine rings is 1. The number of nitrogens with zero attached hydrogens (tertiary/aromatic N) is 5. The Morgan fingerprint density at radius 3 is 2.96 bits per heavy atom. The van der Waals surface area contributed by atoms with Gasteiger partial charge < -0.3 is 14.4 Å². The summed E-state index contributed by atoms with van der Waals surface area (Å²) in [6.07, 6.45) is 6.97. The lowest BCUT2D eigenvalue weighted by Gasteiger charge is -2.36. The maximum Gasteiger partial charge on any atom is 0.293 e. The topological polar surface area (TPSA) is 82.4 Å². The van der Waals surface area contributed by atoms with Crippen LogP contribution in [0.3, 0.4) is 0 Å². The molecule has 3 heterocycles. The fourth-order valence-corrected chi connectivity index (χ4v) is 3.83. The van der Waals surface area contributed by atoms with Crippen molar-refractivity contribution in [3.8, 4) is 0 Å². The Hall–Kier alpha value is -2.32. The number of fused-ring (bicyclic) bond motifs is 1. The van der Waals surface area contributed by atoms with E-state index in [-0.39, 0.29) is 23.9 Å². The van der Waals surface area contributed by atoms with Crippen LogP contribution >= 0.6 is 0 Å². The minimum atomic E-state index is -0.109. The first kappa shape index (κ1) is 17.1. The molecule has 2 aromatic rings. The summed E-state index contributed by atoms with van der Waals surface area (Å²) >= 11 is 0. The maximum absolute atomic E-state index is 12.8. The van der Waals surface area contributed by atoms with Crippen molar-refractivity contribution in [2.24, 2.45) is 13.0 Å². The number of ether oxygens (including phenoxy) is 2. The van der Waals surface area contributed by atoms with Crippen molar-refractivity contribution < 1.29 is 14.3 Å². The summed E-state index contributed by atoms with van der Waals surface area (Å²) in [6, 6.07) is 3.99. The van der Waals surface area contributed by atoms with Crippen LogP contribution in [-0.4, -0.2) is 62.5 Å². The Bertz CT molecular complexity index is 750. The van der Waals surface area contributed by atoms with Gasteiger partial charge in [-0.25, -0.2) is 4.98 Å². The smallest absolute Gasteiger partial charge is 0.293 e. The number of hydrogen-bond donors (Lipinski definition) is 0. The molecule has 0 unspecified atom stereocenters. The van der Waals surface area contributed by atoms with Crippen molar-refractivity contribution >= 4 is 5.91 Å². The van der Waals surface area contributed by atoms with E-state index in [0.717, 1.165) is 18.4 Å². The number of rotatable bonds is 5. The fourth-order valence-electron chi connectivity index (χ4n) is 3.83. The first-order chi connectivity index (χ1) is 12.7. The normalized spacial score (nSPS) is 25.3. The molecule has 138 valence electrons. The van der Waals surface area contributed by atoms with Gasteiger partial charge in [0, 0.05) is 26.0 Å². The summed E-state index contributed by atoms with van der Waals surface area (Å²) in [6.45, 7) is 2.39. The van der Waals surface area contributed by atoms with E-state index < -0.39 is 0 Å². The first-order valence-corrected chi connectivity index (χ1v) is 8.95. The number of amides is 1. The van der Waals surface area contributed by atoms with E-state index in [1.54, 1.807) is 30.5 Å². The molecule has 1 amide bonds. The van der Waals surface area contributed by atoms with Gasteiger partial charge in [-0.2, -0.15) is 0 Å². The van der Waals surface area contributed by atoms with Crippen molar-refractivity contribution in [2.75, 3.05) is 19.8 Å². The zero-order chi connectivity index (χ0) is 17.9. The van der Waals surface area contributed by atoms with Gasteiger partial charge in [0.1, 0.15) is 6.33 Å². The highest BCUT2D eigenvalue weighted by Gasteiger charge is 2.43. The van der Waals surface area contributed by atoms with E-state index in [1.807, 2.05) is 17.0 Å². The second-order valence-corrected chi connectivity index (χ2v) is 6.93. The lowest BCUT2D eigenvalue weighted by atomic mass is 10.1. The molecule has 2 fully saturated rings. The van der Waals surface area contributed by atoms with E-state index in [9.17, 15) is 4.79 Å². The van der Waals surface area contributed by atoms with Gasteiger partial charge in [-0.3, -0.25) is 14.5 Å². The highest BCUT2D eigenvalue weighted by molar-refractivity contribution is 5.90. The summed E-state index contributed by atoms with van der Waals surface area (Å²) in [4.78, 5) is 22.7. The van der Waals surface area contributed by atoms with Crippen LogP contribution in [0.1, 0.15) is 29.0 Å². The third kappa shape index (κ3) is 3.61. The number of hydrogen-bond acceptors (Lipinski definition) is 6. The van der Waals surface area contributed by atoms with E-state index in [1.165, 1.54) is 0 Å². The van der Waals surface area contributed by atoms with E-state index in [2.05, 4.69) is 15.1 Å². The molecule has 1 aliphatic heterocycles. The number of pyridine rings is 1. The van der Waals surface area contributed by atoms with E-state index in [0.29, 0.717) is 32.3 Å². The molecule has 3 atom stereocenters. The van der Waals surface area contributed by atoms with Crippen LogP contribution < -0.4 is 0 Å². The molecule has 1 saturated carbocycles. The van der Waals surface area contributed by atoms with Crippen molar-refractivity contribution in [1.29, 1.82) is 0 Å². The van der Waals surface area contributed by atoms with Crippen LogP contribution in [0.4, 0.5) is 0 Å². The molecule has 8 heteroatoms. The Kier molecular flexibility index (Phi) is 4.94. The molecule has 8 nitrogen and oxygen atoms in total. The lowest BCUT2D eigenvalue weighted by Crippen LogP contribution is -2.51. The monoisotopic (exact) mass is 357 g/mol. The standard InChI is InChI=1S/C18H23N5O3/c1-22-12-20-17(21-22)18(24)23-6-7-26-16-9-14(8-15(16)23)11-25-10-13-2-4-19-5-3-13/h2-5,12,14-16H,6-11H2,1H3/t14-,15-,16+/m0/s1. The third-order valence-electron chi connectivity index (χ3n) is 5.06. The second kappa shape index (κ2) is 7.51. The largest absolute Gasteiger partial charge is 0.376 e. The highest BCUT2D eigenvalue weighted by Crippen LogP contribution is 2.35. The molecule has 1 aliphatic carbocycles. The number of aryl methyl sites for hydroxylation is 1. The van der Waals surface area contributed by atoms with Gasteiger partial charge >= 0.3 is 0 Å². The molecule has 26 heavy (non-hydrogen) atoms. The van der Waals surface area contributed by atoms with Crippen molar-refractivity contribution in [1.82, 2.24) is 24.6 Å². The molecular formula is C18H23N5O3. The number of aromatic nitrogens is 4. The average molecular weight is 357 g/mol. The third-order valence-corrected chi connectivity index (χ3v) is 5.06. The van der Waals surface area contributed by atoms with Crippen molar-refractivity contribution in [2.45, 2.75) is 31.6 Å². The predicted molar refractivity (Wildman–Crippen MR) is 92.2 cm³/mol. The van der Waals surface area contributed by atoms with Crippen molar-refractivity contribution in [3.05, 3.63) is 42.2 Å². The molecule has 1 saturated heterocycles. The molecule has 0 spiro atoms. The van der Waals surface area contributed by atoms with Gasteiger partial charge in [0.15, 0.2) is 0 Å². The lowest BCUT2D eigenvalue weighted by molar-refractivity contribution is -0.0454. The maximum atomic E-state index is 12.8. The number of carbonyl (C=O) groups is 1. The van der Waals surface area contributed by atoms with Gasteiger partial charge in [-0.1, -0.05) is 0 Å². The van der Waals surface area contributed by atoms with Crippen LogP contribution in [0.5, 0.6) is 0 Å². The SMILES string of the molecule is Cn1cnc(C(=O)N2CCO[C@@H]3C[C@@H](COCc4ccncc4)C[C@@H]32)n1.